The zero-order valence-electron chi connectivity index (χ0n) is 34.4. The standard InChI is InChI=1S/C46H85NO5/c1-4-7-10-13-16-19-21-22-23-24-25-27-30-33-36-39-46(51)52-42(37-34-31-28-18-15-12-9-6-3)40-45(50)47-43(41-48)44(49)38-35-32-29-26-20-17-14-11-8-5-2/h12,15-16,19,21-22,42-44,48-49H,4-11,13-14,17-18,20,23-41H2,1-3H3,(H,47,50)/b15-12-,19-16+,22-21+. The van der Waals surface area contributed by atoms with Crippen LogP contribution in [0, 0.1) is 0 Å². The number of hydrogen-bond donors (Lipinski definition) is 3. The van der Waals surface area contributed by atoms with Crippen molar-refractivity contribution in [3.05, 3.63) is 36.5 Å². The largest absolute Gasteiger partial charge is 0.462 e. The first-order chi connectivity index (χ1) is 25.5. The number of ether oxygens (including phenoxy) is 1. The molecule has 3 atom stereocenters. The third-order valence-electron chi connectivity index (χ3n) is 9.95. The molecule has 6 heteroatoms. The maximum atomic E-state index is 13.1. The van der Waals surface area contributed by atoms with Crippen LogP contribution in [0.5, 0.6) is 0 Å². The second-order valence-electron chi connectivity index (χ2n) is 15.1. The zero-order chi connectivity index (χ0) is 38.2. The number of hydrogen-bond acceptors (Lipinski definition) is 5. The van der Waals surface area contributed by atoms with Crippen LogP contribution in [0.2, 0.25) is 0 Å². The molecule has 0 aliphatic heterocycles. The molecule has 0 aromatic carbocycles. The van der Waals surface area contributed by atoms with Gasteiger partial charge in [0.1, 0.15) is 6.10 Å². The van der Waals surface area contributed by atoms with Crippen molar-refractivity contribution in [2.75, 3.05) is 6.61 Å². The maximum absolute atomic E-state index is 13.1. The monoisotopic (exact) mass is 732 g/mol. The van der Waals surface area contributed by atoms with Crippen molar-refractivity contribution in [3.63, 3.8) is 0 Å². The fourth-order valence-corrected chi connectivity index (χ4v) is 6.54. The van der Waals surface area contributed by atoms with E-state index in [0.29, 0.717) is 19.3 Å². The number of nitrogens with one attached hydrogen (secondary N) is 1. The van der Waals surface area contributed by atoms with Gasteiger partial charge in [0.05, 0.1) is 25.2 Å². The molecule has 0 rings (SSSR count). The molecule has 0 aromatic heterocycles. The van der Waals surface area contributed by atoms with E-state index in [2.05, 4.69) is 62.5 Å². The second kappa shape index (κ2) is 40.3. The van der Waals surface area contributed by atoms with Gasteiger partial charge in [-0.2, -0.15) is 0 Å². The van der Waals surface area contributed by atoms with E-state index in [1.165, 1.54) is 89.9 Å². The van der Waals surface area contributed by atoms with Crippen LogP contribution in [0.1, 0.15) is 220 Å². The van der Waals surface area contributed by atoms with Crippen molar-refractivity contribution in [1.29, 1.82) is 0 Å². The fourth-order valence-electron chi connectivity index (χ4n) is 6.54. The van der Waals surface area contributed by atoms with Gasteiger partial charge in [0.15, 0.2) is 0 Å². The van der Waals surface area contributed by atoms with E-state index in [4.69, 9.17) is 4.74 Å². The molecule has 0 spiro atoms. The summed E-state index contributed by atoms with van der Waals surface area (Å²) in [6.07, 6.45) is 44.9. The number of esters is 1. The van der Waals surface area contributed by atoms with Crippen LogP contribution in [0.4, 0.5) is 0 Å². The summed E-state index contributed by atoms with van der Waals surface area (Å²) in [5, 5.41) is 23.5. The van der Waals surface area contributed by atoms with Gasteiger partial charge in [-0.05, 0) is 70.6 Å². The van der Waals surface area contributed by atoms with Crippen LogP contribution < -0.4 is 5.32 Å². The molecule has 1 amide bonds. The van der Waals surface area contributed by atoms with E-state index in [0.717, 1.165) is 83.5 Å². The van der Waals surface area contributed by atoms with E-state index >= 15 is 0 Å². The highest BCUT2D eigenvalue weighted by Crippen LogP contribution is 2.17. The van der Waals surface area contributed by atoms with Crippen LogP contribution in [0.25, 0.3) is 0 Å². The molecule has 0 heterocycles. The number of amides is 1. The summed E-state index contributed by atoms with van der Waals surface area (Å²) in [7, 11) is 0. The number of carbonyl (C=O) groups excluding carboxylic acids is 2. The Morgan fingerprint density at radius 1 is 0.558 bits per heavy atom. The Morgan fingerprint density at radius 2 is 1.02 bits per heavy atom. The highest BCUT2D eigenvalue weighted by Gasteiger charge is 2.24. The first kappa shape index (κ1) is 50.1. The van der Waals surface area contributed by atoms with Crippen molar-refractivity contribution in [3.8, 4) is 0 Å². The maximum Gasteiger partial charge on any atom is 0.306 e. The lowest BCUT2D eigenvalue weighted by Gasteiger charge is -2.24. The molecule has 0 aromatic rings. The van der Waals surface area contributed by atoms with Crippen molar-refractivity contribution in [2.24, 2.45) is 0 Å². The predicted molar refractivity (Wildman–Crippen MR) is 222 cm³/mol. The SMILES string of the molecule is CCC/C=C\CCCCCC(CC(=O)NC(CO)C(O)CCCCCCCCCCCC)OC(=O)CCCCCCCC/C=C/C=C/CCCCC. The van der Waals surface area contributed by atoms with Crippen LogP contribution in [-0.2, 0) is 14.3 Å². The zero-order valence-corrected chi connectivity index (χ0v) is 34.4. The molecular formula is C46H85NO5. The normalized spacial score (nSPS) is 13.7. The van der Waals surface area contributed by atoms with Crippen LogP contribution >= 0.6 is 0 Å². The van der Waals surface area contributed by atoms with Gasteiger partial charge in [-0.25, -0.2) is 0 Å². The minimum absolute atomic E-state index is 0.0622. The lowest BCUT2D eigenvalue weighted by Crippen LogP contribution is -2.46. The first-order valence-corrected chi connectivity index (χ1v) is 22.2. The van der Waals surface area contributed by atoms with Crippen molar-refractivity contribution in [2.45, 2.75) is 238 Å². The molecule has 0 radical (unpaired) electrons. The lowest BCUT2D eigenvalue weighted by molar-refractivity contribution is -0.151. The predicted octanol–water partition coefficient (Wildman–Crippen LogP) is 12.6. The summed E-state index contributed by atoms with van der Waals surface area (Å²) < 4.78 is 5.86. The first-order valence-electron chi connectivity index (χ1n) is 22.2. The Balaban J connectivity index is 4.52. The van der Waals surface area contributed by atoms with Gasteiger partial charge in [0, 0.05) is 6.42 Å². The molecule has 304 valence electrons. The molecule has 0 saturated carbocycles. The van der Waals surface area contributed by atoms with E-state index in [-0.39, 0.29) is 24.9 Å². The highest BCUT2D eigenvalue weighted by molar-refractivity contribution is 5.77. The summed E-state index contributed by atoms with van der Waals surface area (Å²) >= 11 is 0. The number of allylic oxidation sites excluding steroid dienone is 6. The molecule has 0 saturated heterocycles. The van der Waals surface area contributed by atoms with E-state index in [1.807, 2.05) is 0 Å². The van der Waals surface area contributed by atoms with Crippen molar-refractivity contribution in [1.82, 2.24) is 5.32 Å². The lowest BCUT2D eigenvalue weighted by atomic mass is 10.0. The second-order valence-corrected chi connectivity index (χ2v) is 15.1. The van der Waals surface area contributed by atoms with Crippen LogP contribution in [0.15, 0.2) is 36.5 Å². The third-order valence-corrected chi connectivity index (χ3v) is 9.95. The quantitative estimate of drug-likeness (QED) is 0.0253. The molecule has 0 aliphatic carbocycles. The Labute approximate surface area is 322 Å². The van der Waals surface area contributed by atoms with Gasteiger partial charge in [-0.15, -0.1) is 0 Å². The molecule has 52 heavy (non-hydrogen) atoms. The molecule has 6 nitrogen and oxygen atoms in total. The fraction of sp³-hybridized carbons (Fsp3) is 0.826. The van der Waals surface area contributed by atoms with Crippen LogP contribution in [0.3, 0.4) is 0 Å². The Morgan fingerprint density at radius 3 is 1.62 bits per heavy atom. The summed E-state index contributed by atoms with van der Waals surface area (Å²) in [6.45, 7) is 6.35. The average molecular weight is 732 g/mol. The minimum Gasteiger partial charge on any atom is -0.462 e. The molecule has 3 N–H and O–H groups in total. The van der Waals surface area contributed by atoms with Gasteiger partial charge < -0.3 is 20.3 Å². The van der Waals surface area contributed by atoms with Gasteiger partial charge in [0.25, 0.3) is 0 Å². The van der Waals surface area contributed by atoms with Gasteiger partial charge in [-0.3, -0.25) is 9.59 Å². The van der Waals surface area contributed by atoms with E-state index in [1.54, 1.807) is 0 Å². The summed E-state index contributed by atoms with van der Waals surface area (Å²) in [6, 6.07) is -0.703. The minimum atomic E-state index is -0.788. The summed E-state index contributed by atoms with van der Waals surface area (Å²) in [4.78, 5) is 25.9. The molecule has 3 unspecified atom stereocenters. The Kier molecular flexibility index (Phi) is 38.8. The molecule has 0 bridgehead atoms. The molecular weight excluding hydrogens is 647 g/mol. The van der Waals surface area contributed by atoms with Crippen LogP contribution in [-0.4, -0.2) is 46.9 Å². The summed E-state index contributed by atoms with van der Waals surface area (Å²) in [5.41, 5.74) is 0. The van der Waals surface area contributed by atoms with Gasteiger partial charge >= 0.3 is 5.97 Å². The van der Waals surface area contributed by atoms with E-state index in [9.17, 15) is 19.8 Å². The number of aliphatic hydroxyl groups excluding tert-OH is 2. The Hall–Kier alpha value is -1.92. The van der Waals surface area contributed by atoms with Crippen molar-refractivity contribution < 1.29 is 24.5 Å². The van der Waals surface area contributed by atoms with Crippen molar-refractivity contribution >= 4 is 11.9 Å². The number of rotatable bonds is 39. The van der Waals surface area contributed by atoms with Gasteiger partial charge in [-0.1, -0.05) is 173 Å². The third kappa shape index (κ3) is 35.1. The van der Waals surface area contributed by atoms with Gasteiger partial charge in [0.2, 0.25) is 5.91 Å². The molecule has 0 fully saturated rings. The Bertz CT molecular complexity index is 869. The smallest absolute Gasteiger partial charge is 0.306 e. The number of aliphatic hydroxyl groups is 2. The topological polar surface area (TPSA) is 95.9 Å². The number of carbonyl (C=O) groups is 2. The highest BCUT2D eigenvalue weighted by atomic mass is 16.5. The summed E-state index contributed by atoms with van der Waals surface area (Å²) in [5.74, 6) is -0.507. The average Bonchev–Trinajstić information content (AvgIpc) is 3.13. The molecule has 0 aliphatic rings. The van der Waals surface area contributed by atoms with E-state index < -0.39 is 18.2 Å². The number of unbranched alkanes of at least 4 members (excludes halogenated alkanes) is 22.